The molecule has 104 valence electrons. The van der Waals surface area contributed by atoms with Crippen molar-refractivity contribution in [3.63, 3.8) is 0 Å². The number of nitrogens with one attached hydrogen (secondary N) is 1. The fraction of sp³-hybridized carbons (Fsp3) is 0.0714. The van der Waals surface area contributed by atoms with Crippen molar-refractivity contribution in [1.82, 2.24) is 0 Å². The Morgan fingerprint density at radius 2 is 1.60 bits per heavy atom. The Labute approximate surface area is 126 Å². The second kappa shape index (κ2) is 6.19. The molecule has 0 aliphatic carbocycles. The van der Waals surface area contributed by atoms with Crippen molar-refractivity contribution in [2.75, 3.05) is 10.1 Å². The molecule has 0 saturated heterocycles. The van der Waals surface area contributed by atoms with Crippen molar-refractivity contribution in [2.45, 2.75) is 4.90 Å². The van der Waals surface area contributed by atoms with Crippen LogP contribution in [-0.2, 0) is 10.0 Å². The highest BCUT2D eigenvalue weighted by Crippen LogP contribution is 2.20. The van der Waals surface area contributed by atoms with Gasteiger partial charge in [-0.25, -0.2) is 8.42 Å². The van der Waals surface area contributed by atoms with Crippen LogP contribution in [0.3, 0.4) is 0 Å². The van der Waals surface area contributed by atoms with Gasteiger partial charge in [0.15, 0.2) is 5.78 Å². The normalized spacial score (nSPS) is 11.1. The molecule has 2 aromatic carbocycles. The van der Waals surface area contributed by atoms with Gasteiger partial charge in [-0.3, -0.25) is 9.52 Å². The molecule has 0 aliphatic rings. The minimum absolute atomic E-state index is 0.136. The lowest BCUT2D eigenvalue weighted by atomic mass is 10.1. The smallest absolute Gasteiger partial charge is 0.261 e. The van der Waals surface area contributed by atoms with Crippen LogP contribution in [-0.4, -0.2) is 19.5 Å². The molecule has 0 radical (unpaired) electrons. The Bertz CT molecular complexity index is 714. The highest BCUT2D eigenvalue weighted by atomic mass is 79.9. The molecule has 0 heterocycles. The molecule has 6 heteroatoms. The van der Waals surface area contributed by atoms with Crippen LogP contribution >= 0.6 is 15.9 Å². The maximum absolute atomic E-state index is 12.2. The average Bonchev–Trinajstić information content (AvgIpc) is 2.47. The van der Waals surface area contributed by atoms with E-state index in [4.69, 9.17) is 0 Å². The molecule has 2 aromatic rings. The van der Waals surface area contributed by atoms with Gasteiger partial charge in [-0.05, 0) is 24.3 Å². The summed E-state index contributed by atoms with van der Waals surface area (Å²) in [5, 5.41) is 0.136. The number of alkyl halides is 1. The Morgan fingerprint density at radius 1 is 1.00 bits per heavy atom. The van der Waals surface area contributed by atoms with Gasteiger partial charge in [0.05, 0.1) is 15.9 Å². The van der Waals surface area contributed by atoms with Crippen LogP contribution in [0.25, 0.3) is 0 Å². The van der Waals surface area contributed by atoms with Gasteiger partial charge in [-0.15, -0.1) is 0 Å². The first-order valence-corrected chi connectivity index (χ1v) is 8.41. The fourth-order valence-electron chi connectivity index (χ4n) is 1.69. The molecule has 1 N–H and O–H groups in total. The molecule has 0 aliphatic heterocycles. The quantitative estimate of drug-likeness (QED) is 0.663. The topological polar surface area (TPSA) is 63.2 Å². The van der Waals surface area contributed by atoms with Crippen LogP contribution in [0.15, 0.2) is 59.5 Å². The number of sulfonamides is 1. The van der Waals surface area contributed by atoms with E-state index in [0.29, 0.717) is 5.56 Å². The van der Waals surface area contributed by atoms with Crippen LogP contribution in [0, 0.1) is 0 Å². The van der Waals surface area contributed by atoms with Gasteiger partial charge in [0.2, 0.25) is 0 Å². The monoisotopic (exact) mass is 353 g/mol. The maximum atomic E-state index is 12.2. The number of rotatable bonds is 5. The molecule has 0 fully saturated rings. The molecule has 4 nitrogen and oxygen atoms in total. The molecule has 20 heavy (non-hydrogen) atoms. The van der Waals surface area contributed by atoms with E-state index in [2.05, 4.69) is 20.7 Å². The van der Waals surface area contributed by atoms with E-state index in [1.54, 1.807) is 42.5 Å². The summed E-state index contributed by atoms with van der Waals surface area (Å²) >= 11 is 3.08. The van der Waals surface area contributed by atoms with Crippen LogP contribution < -0.4 is 4.72 Å². The number of para-hydroxylation sites is 1. The third-order valence-corrected chi connectivity index (χ3v) is 4.54. The Kier molecular flexibility index (Phi) is 4.57. The van der Waals surface area contributed by atoms with Gasteiger partial charge in [-0.2, -0.15) is 0 Å². The second-order valence-electron chi connectivity index (χ2n) is 4.02. The summed E-state index contributed by atoms with van der Waals surface area (Å²) in [5.74, 6) is -0.184. The van der Waals surface area contributed by atoms with Gasteiger partial charge in [0, 0.05) is 5.56 Å². The van der Waals surface area contributed by atoms with Crippen molar-refractivity contribution in [3.05, 3.63) is 60.2 Å². The molecular formula is C14H12BrNO3S. The molecule has 0 aromatic heterocycles. The minimum atomic E-state index is -3.70. The van der Waals surface area contributed by atoms with E-state index in [1.165, 1.54) is 12.1 Å². The lowest BCUT2D eigenvalue weighted by Gasteiger charge is -2.11. The van der Waals surface area contributed by atoms with Crippen LogP contribution in [0.5, 0.6) is 0 Å². The predicted molar refractivity (Wildman–Crippen MR) is 81.8 cm³/mol. The third-order valence-electron chi connectivity index (χ3n) is 2.65. The number of hydrogen-bond donors (Lipinski definition) is 1. The zero-order valence-corrected chi connectivity index (χ0v) is 12.8. The molecule has 0 unspecified atom stereocenters. The number of carbonyl (C=O) groups is 1. The van der Waals surface area contributed by atoms with Crippen LogP contribution in [0.1, 0.15) is 10.4 Å². The standard InChI is InChI=1S/C14H12BrNO3S/c15-10-14(17)12-8-4-5-9-13(12)16-20(18,19)11-6-2-1-3-7-11/h1-9,16H,10H2. The summed E-state index contributed by atoms with van der Waals surface area (Å²) in [7, 11) is -3.70. The van der Waals surface area contributed by atoms with Crippen molar-refractivity contribution in [3.8, 4) is 0 Å². The SMILES string of the molecule is O=C(CBr)c1ccccc1NS(=O)(=O)c1ccccc1. The van der Waals surface area contributed by atoms with E-state index in [0.717, 1.165) is 0 Å². The number of Topliss-reactive ketones (excluding diaryl/α,β-unsaturated/α-hetero) is 1. The van der Waals surface area contributed by atoms with E-state index < -0.39 is 10.0 Å². The lowest BCUT2D eigenvalue weighted by Crippen LogP contribution is -2.15. The van der Waals surface area contributed by atoms with Crippen molar-refractivity contribution in [2.24, 2.45) is 0 Å². The summed E-state index contributed by atoms with van der Waals surface area (Å²) in [5.41, 5.74) is 0.615. The predicted octanol–water partition coefficient (Wildman–Crippen LogP) is 3.07. The number of ketones is 1. The Morgan fingerprint density at radius 3 is 2.25 bits per heavy atom. The van der Waals surface area contributed by atoms with Gasteiger partial charge >= 0.3 is 0 Å². The number of carbonyl (C=O) groups excluding carboxylic acids is 1. The molecule has 0 amide bonds. The summed E-state index contributed by atoms with van der Waals surface area (Å²) < 4.78 is 26.9. The molecule has 2 rings (SSSR count). The third kappa shape index (κ3) is 3.26. The van der Waals surface area contributed by atoms with Crippen molar-refractivity contribution < 1.29 is 13.2 Å². The molecule has 0 bridgehead atoms. The first-order chi connectivity index (χ1) is 9.54. The highest BCUT2D eigenvalue weighted by molar-refractivity contribution is 9.09. The largest absolute Gasteiger partial charge is 0.293 e. The average molecular weight is 354 g/mol. The zero-order chi connectivity index (χ0) is 14.6. The number of anilines is 1. The van der Waals surface area contributed by atoms with Gasteiger partial charge in [-0.1, -0.05) is 46.3 Å². The molecule has 0 atom stereocenters. The molecule has 0 spiro atoms. The van der Waals surface area contributed by atoms with E-state index in [1.807, 2.05) is 0 Å². The zero-order valence-electron chi connectivity index (χ0n) is 10.4. The van der Waals surface area contributed by atoms with Crippen molar-refractivity contribution >= 4 is 37.4 Å². The summed E-state index contributed by atoms with van der Waals surface area (Å²) in [6, 6.07) is 14.5. The van der Waals surface area contributed by atoms with Crippen molar-refractivity contribution in [1.29, 1.82) is 0 Å². The van der Waals surface area contributed by atoms with Gasteiger partial charge < -0.3 is 0 Å². The van der Waals surface area contributed by atoms with Crippen LogP contribution in [0.2, 0.25) is 0 Å². The second-order valence-corrected chi connectivity index (χ2v) is 6.26. The highest BCUT2D eigenvalue weighted by Gasteiger charge is 2.17. The first-order valence-electron chi connectivity index (χ1n) is 5.80. The lowest BCUT2D eigenvalue weighted by molar-refractivity contribution is 0.102. The minimum Gasteiger partial charge on any atom is -0.293 e. The Balaban J connectivity index is 2.38. The fourth-order valence-corrected chi connectivity index (χ4v) is 3.09. The maximum Gasteiger partial charge on any atom is 0.261 e. The number of hydrogen-bond acceptors (Lipinski definition) is 3. The van der Waals surface area contributed by atoms with Crippen LogP contribution in [0.4, 0.5) is 5.69 Å². The van der Waals surface area contributed by atoms with E-state index in [9.17, 15) is 13.2 Å². The van der Waals surface area contributed by atoms with E-state index >= 15 is 0 Å². The summed E-state index contributed by atoms with van der Waals surface area (Å²) in [6.45, 7) is 0. The van der Waals surface area contributed by atoms with Gasteiger partial charge in [0.25, 0.3) is 10.0 Å². The molecule has 0 saturated carbocycles. The number of benzene rings is 2. The van der Waals surface area contributed by atoms with E-state index in [-0.39, 0.29) is 21.7 Å². The van der Waals surface area contributed by atoms with Gasteiger partial charge in [0.1, 0.15) is 0 Å². The number of halogens is 1. The summed E-state index contributed by atoms with van der Waals surface area (Å²) in [6.07, 6.45) is 0. The molecular weight excluding hydrogens is 342 g/mol. The summed E-state index contributed by atoms with van der Waals surface area (Å²) in [4.78, 5) is 11.9. The first kappa shape index (κ1) is 14.7. The Hall–Kier alpha value is -1.66.